The number of methoxy groups -OCH3 is 2. The van der Waals surface area contributed by atoms with Crippen LogP contribution in [0.5, 0.6) is 11.5 Å². The number of ether oxygens (including phenoxy) is 2. The fourth-order valence-electron chi connectivity index (χ4n) is 3.54. The van der Waals surface area contributed by atoms with Crippen LogP contribution in [0.4, 0.5) is 0 Å². The van der Waals surface area contributed by atoms with Crippen molar-refractivity contribution in [1.82, 2.24) is 5.48 Å². The molecule has 2 aliphatic rings. The summed E-state index contributed by atoms with van der Waals surface area (Å²) >= 11 is 0. The molecule has 0 aliphatic carbocycles. The van der Waals surface area contributed by atoms with Crippen LogP contribution in [0.15, 0.2) is 36.0 Å². The van der Waals surface area contributed by atoms with Crippen molar-refractivity contribution in [3.05, 3.63) is 41.6 Å². The molecule has 0 saturated carbocycles. The van der Waals surface area contributed by atoms with Crippen molar-refractivity contribution in [3.63, 3.8) is 0 Å². The van der Waals surface area contributed by atoms with E-state index in [9.17, 15) is 4.79 Å². The van der Waals surface area contributed by atoms with Crippen molar-refractivity contribution in [2.24, 2.45) is 0 Å². The molecule has 1 fully saturated rings. The second-order valence-electron chi connectivity index (χ2n) is 6.49. The van der Waals surface area contributed by atoms with Crippen LogP contribution in [-0.4, -0.2) is 39.3 Å². The molecule has 2 N–H and O–H groups in total. The van der Waals surface area contributed by atoms with E-state index in [1.54, 1.807) is 37.3 Å². The summed E-state index contributed by atoms with van der Waals surface area (Å²) < 4.78 is 10.4. The summed E-state index contributed by atoms with van der Waals surface area (Å²) in [5.74, 6) is 0.828. The Labute approximate surface area is 148 Å². The van der Waals surface area contributed by atoms with Gasteiger partial charge in [0.05, 0.1) is 33.0 Å². The molecule has 1 aromatic rings. The predicted octanol–water partition coefficient (Wildman–Crippen LogP) is 1.10. The number of hydrogen-bond acceptors (Lipinski definition) is 5. The van der Waals surface area contributed by atoms with E-state index in [-0.39, 0.29) is 0 Å². The number of benzene rings is 1. The minimum absolute atomic E-state index is 0.436. The van der Waals surface area contributed by atoms with Crippen molar-refractivity contribution >= 4 is 12.0 Å². The van der Waals surface area contributed by atoms with Crippen LogP contribution < -0.4 is 19.9 Å². The van der Waals surface area contributed by atoms with Gasteiger partial charge in [-0.15, -0.1) is 0 Å². The third-order valence-electron chi connectivity index (χ3n) is 5.03. The van der Waals surface area contributed by atoms with Crippen molar-refractivity contribution in [1.29, 1.82) is 0 Å². The van der Waals surface area contributed by atoms with Gasteiger partial charge < -0.3 is 19.2 Å². The maximum atomic E-state index is 11.9. The Kier molecular flexibility index (Phi) is 5.28. The first-order chi connectivity index (χ1) is 12.1. The van der Waals surface area contributed by atoms with Crippen LogP contribution in [0.25, 0.3) is 6.08 Å². The molecule has 3 rings (SSSR count). The molecule has 0 spiro atoms. The lowest BCUT2D eigenvalue weighted by molar-refractivity contribution is -0.911. The standard InChI is InChI=1S/C19H24N2O4/c1-21-15-6-7-16(21)12-14(11-15)20-25-19(22)9-5-13-4-8-17(23-2)18(10-13)24-3/h4-5,8-11,15-16,20H,6-7,12H2,1-3H3/p+1. The molecule has 2 aliphatic heterocycles. The molecule has 3 atom stereocenters. The number of rotatable bonds is 6. The summed E-state index contributed by atoms with van der Waals surface area (Å²) in [7, 11) is 5.39. The molecule has 6 heteroatoms. The van der Waals surface area contributed by atoms with Gasteiger partial charge in [-0.3, -0.25) is 0 Å². The van der Waals surface area contributed by atoms with Gasteiger partial charge in [0, 0.05) is 25.3 Å². The molecular formula is C19H25N2O4+. The zero-order valence-corrected chi connectivity index (χ0v) is 14.9. The summed E-state index contributed by atoms with van der Waals surface area (Å²) in [5.41, 5.74) is 4.66. The third kappa shape index (κ3) is 3.96. The SMILES string of the molecule is COc1ccc(C=CC(=O)ONC2=CC3CCC(C2)[NH+]3C)cc1OC. The summed E-state index contributed by atoms with van der Waals surface area (Å²) in [6.45, 7) is 0. The van der Waals surface area contributed by atoms with E-state index in [4.69, 9.17) is 14.3 Å². The quantitative estimate of drug-likeness (QED) is 0.597. The van der Waals surface area contributed by atoms with E-state index in [1.165, 1.54) is 18.9 Å². The number of hydroxylamine groups is 1. The van der Waals surface area contributed by atoms with Gasteiger partial charge in [0.15, 0.2) is 11.5 Å². The Morgan fingerprint density at radius 3 is 2.76 bits per heavy atom. The average Bonchev–Trinajstić information content (AvgIpc) is 2.85. The maximum absolute atomic E-state index is 11.9. The first-order valence-corrected chi connectivity index (χ1v) is 8.51. The summed E-state index contributed by atoms with van der Waals surface area (Å²) in [6.07, 6.45) is 8.62. The van der Waals surface area contributed by atoms with E-state index in [2.05, 4.69) is 18.6 Å². The number of carbonyl (C=O) groups is 1. The molecule has 0 radical (unpaired) electrons. The van der Waals surface area contributed by atoms with Gasteiger partial charge in [-0.25, -0.2) is 10.3 Å². The van der Waals surface area contributed by atoms with E-state index in [0.717, 1.165) is 17.7 Å². The smallest absolute Gasteiger partial charge is 0.355 e. The van der Waals surface area contributed by atoms with Crippen molar-refractivity contribution < 1.29 is 24.0 Å². The van der Waals surface area contributed by atoms with Crippen molar-refractivity contribution in [2.75, 3.05) is 21.3 Å². The largest absolute Gasteiger partial charge is 0.493 e. The fourth-order valence-corrected chi connectivity index (χ4v) is 3.54. The van der Waals surface area contributed by atoms with E-state index in [1.807, 2.05) is 6.07 Å². The maximum Gasteiger partial charge on any atom is 0.355 e. The molecule has 6 nitrogen and oxygen atoms in total. The Morgan fingerprint density at radius 2 is 2.04 bits per heavy atom. The Morgan fingerprint density at radius 1 is 1.24 bits per heavy atom. The molecular weight excluding hydrogens is 320 g/mol. The number of quaternary nitrogens is 1. The lowest BCUT2D eigenvalue weighted by atomic mass is 10.1. The number of nitrogens with one attached hydrogen (secondary N) is 2. The Balaban J connectivity index is 1.54. The van der Waals surface area contributed by atoms with Gasteiger partial charge in [0.25, 0.3) is 0 Å². The van der Waals surface area contributed by atoms with Crippen LogP contribution in [-0.2, 0) is 9.63 Å². The number of likely N-dealkylation sites (N-methyl/N-ethyl adjacent to an activating group) is 1. The van der Waals surface area contributed by atoms with E-state index in [0.29, 0.717) is 23.6 Å². The molecule has 2 bridgehead atoms. The van der Waals surface area contributed by atoms with Crippen molar-refractivity contribution in [2.45, 2.75) is 31.3 Å². The van der Waals surface area contributed by atoms with Gasteiger partial charge in [0.1, 0.15) is 6.04 Å². The van der Waals surface area contributed by atoms with Crippen LogP contribution in [0.3, 0.4) is 0 Å². The van der Waals surface area contributed by atoms with Gasteiger partial charge in [-0.1, -0.05) is 6.07 Å². The molecule has 25 heavy (non-hydrogen) atoms. The molecule has 0 aromatic heterocycles. The fraction of sp³-hybridized carbons (Fsp3) is 0.421. The Bertz CT molecular complexity index is 699. The first-order valence-electron chi connectivity index (χ1n) is 8.51. The minimum Gasteiger partial charge on any atom is -0.493 e. The molecule has 2 heterocycles. The zero-order chi connectivity index (χ0) is 17.8. The first kappa shape index (κ1) is 17.4. The second kappa shape index (κ2) is 7.61. The third-order valence-corrected chi connectivity index (χ3v) is 5.03. The zero-order valence-electron chi connectivity index (χ0n) is 14.9. The van der Waals surface area contributed by atoms with Crippen LogP contribution in [0.1, 0.15) is 24.8 Å². The number of fused-ring (bicyclic) bond motifs is 2. The average molecular weight is 345 g/mol. The second-order valence-corrected chi connectivity index (χ2v) is 6.49. The van der Waals surface area contributed by atoms with Gasteiger partial charge in [0.2, 0.25) is 0 Å². The van der Waals surface area contributed by atoms with Gasteiger partial charge in [-0.2, -0.15) is 0 Å². The summed E-state index contributed by atoms with van der Waals surface area (Å²) in [6, 6.07) is 6.60. The number of carbonyl (C=O) groups excluding carboxylic acids is 1. The highest BCUT2D eigenvalue weighted by molar-refractivity contribution is 5.87. The molecule has 1 aromatic carbocycles. The van der Waals surface area contributed by atoms with E-state index < -0.39 is 5.97 Å². The minimum atomic E-state index is -0.436. The number of hydrogen-bond donors (Lipinski definition) is 2. The normalized spacial score (nSPS) is 24.8. The highest BCUT2D eigenvalue weighted by Gasteiger charge is 2.38. The highest BCUT2D eigenvalue weighted by Crippen LogP contribution is 2.28. The van der Waals surface area contributed by atoms with Crippen molar-refractivity contribution in [3.8, 4) is 11.5 Å². The topological polar surface area (TPSA) is 61.2 Å². The summed E-state index contributed by atoms with van der Waals surface area (Å²) in [5, 5.41) is 0. The monoisotopic (exact) mass is 345 g/mol. The van der Waals surface area contributed by atoms with Crippen LogP contribution in [0.2, 0.25) is 0 Å². The van der Waals surface area contributed by atoms with Crippen LogP contribution >= 0.6 is 0 Å². The van der Waals surface area contributed by atoms with E-state index >= 15 is 0 Å². The highest BCUT2D eigenvalue weighted by atomic mass is 16.7. The van der Waals surface area contributed by atoms with Gasteiger partial charge in [-0.05, 0) is 29.8 Å². The molecule has 1 saturated heterocycles. The van der Waals surface area contributed by atoms with Crippen LogP contribution in [0, 0.1) is 0 Å². The van der Waals surface area contributed by atoms with Gasteiger partial charge >= 0.3 is 5.97 Å². The lowest BCUT2D eigenvalue weighted by Crippen LogP contribution is -3.14. The summed E-state index contributed by atoms with van der Waals surface area (Å²) in [4.78, 5) is 18.6. The predicted molar refractivity (Wildman–Crippen MR) is 94.2 cm³/mol. The lowest BCUT2D eigenvalue weighted by Gasteiger charge is -2.27. The molecule has 0 amide bonds. The molecule has 134 valence electrons. The Hall–Kier alpha value is -2.47. The molecule has 3 unspecified atom stereocenters.